The van der Waals surface area contributed by atoms with Gasteiger partial charge in [0, 0.05) is 20.1 Å². The van der Waals surface area contributed by atoms with Crippen molar-refractivity contribution in [2.45, 2.75) is 32.3 Å². The monoisotopic (exact) mass is 313 g/mol. The van der Waals surface area contributed by atoms with Crippen molar-refractivity contribution in [2.75, 3.05) is 13.4 Å². The van der Waals surface area contributed by atoms with Crippen LogP contribution in [0.15, 0.2) is 16.2 Å². The van der Waals surface area contributed by atoms with Crippen LogP contribution in [0.1, 0.15) is 5.69 Å². The highest BCUT2D eigenvalue weighted by molar-refractivity contribution is 7.13. The molecule has 0 amide bonds. The predicted octanol–water partition coefficient (Wildman–Crippen LogP) is 3.02. The number of ether oxygens (including phenoxy) is 2. The molecule has 0 fully saturated rings. The molecule has 2 heterocycles. The summed E-state index contributed by atoms with van der Waals surface area (Å²) in [5, 5.41) is 10.1. The summed E-state index contributed by atoms with van der Waals surface area (Å²) >= 11 is 1.46. The van der Waals surface area contributed by atoms with E-state index in [2.05, 4.69) is 34.8 Å². The molecule has 0 saturated carbocycles. The number of nitrogens with zero attached hydrogens (tertiary/aromatic N) is 3. The zero-order valence-corrected chi connectivity index (χ0v) is 13.8. The van der Waals surface area contributed by atoms with E-state index in [-0.39, 0.29) is 0 Å². The van der Waals surface area contributed by atoms with Gasteiger partial charge in [0.2, 0.25) is 6.39 Å². The van der Waals surface area contributed by atoms with Crippen LogP contribution in [-0.4, -0.2) is 36.7 Å². The topological polar surface area (TPSA) is 70.3 Å². The van der Waals surface area contributed by atoms with Crippen molar-refractivity contribution in [1.29, 1.82) is 0 Å². The lowest BCUT2D eigenvalue weighted by Gasteiger charge is -2.15. The summed E-state index contributed by atoms with van der Waals surface area (Å²) in [6.07, 6.45) is 1.29. The summed E-state index contributed by atoms with van der Waals surface area (Å²) in [4.78, 5) is 4.36. The molecule has 0 unspecified atom stereocenters. The standard InChI is InChI=1S/C12H19N3O3SSi/c1-20(2,3)5-4-16-9-17-6-10-7-19-12(14-10)11-15-13-8-18-11/h7-8H,4-6,9H2,1-3H3. The molecular formula is C12H19N3O3SSi. The molecule has 0 atom stereocenters. The van der Waals surface area contributed by atoms with Crippen molar-refractivity contribution in [1.82, 2.24) is 15.2 Å². The second-order valence-corrected chi connectivity index (χ2v) is 12.1. The predicted molar refractivity (Wildman–Crippen MR) is 79.2 cm³/mol. The zero-order valence-electron chi connectivity index (χ0n) is 12.0. The Morgan fingerprint density at radius 2 is 2.15 bits per heavy atom. The average Bonchev–Trinajstić information content (AvgIpc) is 3.02. The first kappa shape index (κ1) is 15.3. The summed E-state index contributed by atoms with van der Waals surface area (Å²) in [5.41, 5.74) is 0.844. The summed E-state index contributed by atoms with van der Waals surface area (Å²) in [7, 11) is -1.02. The van der Waals surface area contributed by atoms with Crippen LogP contribution < -0.4 is 0 Å². The lowest BCUT2D eigenvalue weighted by atomic mass is 10.5. The Morgan fingerprint density at radius 3 is 2.85 bits per heavy atom. The highest BCUT2D eigenvalue weighted by Crippen LogP contribution is 2.21. The lowest BCUT2D eigenvalue weighted by molar-refractivity contribution is -0.0581. The number of hydrogen-bond acceptors (Lipinski definition) is 7. The van der Waals surface area contributed by atoms with Crippen molar-refractivity contribution in [3.8, 4) is 10.9 Å². The third-order valence-corrected chi connectivity index (χ3v) is 5.09. The SMILES string of the molecule is C[Si](C)(C)CCOCOCc1csc(-c2nnco2)n1. The Kier molecular flexibility index (Phi) is 5.41. The zero-order chi connectivity index (χ0) is 14.4. The van der Waals surface area contributed by atoms with Gasteiger partial charge in [-0.25, -0.2) is 4.98 Å². The molecule has 6 nitrogen and oxygen atoms in total. The normalized spacial score (nSPS) is 11.9. The minimum Gasteiger partial charge on any atom is -0.422 e. The second-order valence-electron chi connectivity index (χ2n) is 5.57. The molecule has 110 valence electrons. The van der Waals surface area contributed by atoms with Crippen molar-refractivity contribution >= 4 is 19.4 Å². The molecule has 0 aliphatic rings. The molecule has 0 bridgehead atoms. The molecule has 0 N–H and O–H groups in total. The Hall–Kier alpha value is -1.09. The third-order valence-electron chi connectivity index (χ3n) is 2.51. The average molecular weight is 313 g/mol. The molecule has 0 radical (unpaired) electrons. The molecule has 2 aromatic rings. The molecule has 0 spiro atoms. The van der Waals surface area contributed by atoms with Crippen LogP contribution in [0.25, 0.3) is 10.9 Å². The first-order valence-electron chi connectivity index (χ1n) is 6.41. The van der Waals surface area contributed by atoms with E-state index in [0.717, 1.165) is 18.3 Å². The van der Waals surface area contributed by atoms with Crippen LogP contribution in [0.4, 0.5) is 0 Å². The minimum absolute atomic E-state index is 0.303. The Balaban J connectivity index is 1.65. The van der Waals surface area contributed by atoms with Gasteiger partial charge in [-0.15, -0.1) is 21.5 Å². The van der Waals surface area contributed by atoms with Gasteiger partial charge < -0.3 is 13.9 Å². The van der Waals surface area contributed by atoms with E-state index in [1.807, 2.05) is 5.38 Å². The lowest BCUT2D eigenvalue weighted by Crippen LogP contribution is -2.22. The molecule has 0 aliphatic heterocycles. The van der Waals surface area contributed by atoms with Crippen LogP contribution in [0.3, 0.4) is 0 Å². The van der Waals surface area contributed by atoms with Gasteiger partial charge in [0.25, 0.3) is 5.89 Å². The molecule has 0 saturated heterocycles. The van der Waals surface area contributed by atoms with E-state index in [9.17, 15) is 0 Å². The van der Waals surface area contributed by atoms with Gasteiger partial charge in [-0.05, 0) is 6.04 Å². The van der Waals surface area contributed by atoms with Gasteiger partial charge in [-0.2, -0.15) is 0 Å². The van der Waals surface area contributed by atoms with Gasteiger partial charge in [0.15, 0.2) is 5.01 Å². The van der Waals surface area contributed by atoms with E-state index < -0.39 is 8.07 Å². The fourth-order valence-electron chi connectivity index (χ4n) is 1.38. The van der Waals surface area contributed by atoms with Gasteiger partial charge in [-0.1, -0.05) is 19.6 Å². The molecule has 0 aliphatic carbocycles. The van der Waals surface area contributed by atoms with Crippen molar-refractivity contribution in [2.24, 2.45) is 0 Å². The maximum absolute atomic E-state index is 5.46. The van der Waals surface area contributed by atoms with Crippen molar-refractivity contribution < 1.29 is 13.9 Å². The summed E-state index contributed by atoms with van der Waals surface area (Å²) in [6, 6.07) is 1.15. The van der Waals surface area contributed by atoms with Crippen LogP contribution in [-0.2, 0) is 16.1 Å². The quantitative estimate of drug-likeness (QED) is 0.424. The summed E-state index contributed by atoms with van der Waals surface area (Å²) in [5.74, 6) is 0.438. The molecule has 0 aromatic carbocycles. The van der Waals surface area contributed by atoms with Gasteiger partial charge in [-0.3, -0.25) is 0 Å². The maximum Gasteiger partial charge on any atom is 0.276 e. The van der Waals surface area contributed by atoms with E-state index in [0.29, 0.717) is 24.3 Å². The van der Waals surface area contributed by atoms with E-state index in [1.165, 1.54) is 17.7 Å². The number of rotatable bonds is 8. The largest absolute Gasteiger partial charge is 0.422 e. The summed E-state index contributed by atoms with van der Waals surface area (Å²) in [6.45, 7) is 8.47. The van der Waals surface area contributed by atoms with Crippen LogP contribution >= 0.6 is 11.3 Å². The first-order chi connectivity index (χ1) is 9.54. The molecule has 2 aromatic heterocycles. The van der Waals surface area contributed by atoms with E-state index >= 15 is 0 Å². The van der Waals surface area contributed by atoms with Crippen molar-refractivity contribution in [3.63, 3.8) is 0 Å². The smallest absolute Gasteiger partial charge is 0.276 e. The summed E-state index contributed by atoms with van der Waals surface area (Å²) < 4.78 is 16.0. The Bertz CT molecular complexity index is 510. The van der Waals surface area contributed by atoms with Crippen LogP contribution in [0.2, 0.25) is 25.7 Å². The fourth-order valence-corrected chi connectivity index (χ4v) is 2.87. The highest BCUT2D eigenvalue weighted by Gasteiger charge is 2.12. The fraction of sp³-hybridized carbons (Fsp3) is 0.583. The Labute approximate surface area is 123 Å². The van der Waals surface area contributed by atoms with Gasteiger partial charge in [0.05, 0.1) is 12.3 Å². The highest BCUT2D eigenvalue weighted by atomic mass is 32.1. The van der Waals surface area contributed by atoms with E-state index in [1.54, 1.807) is 0 Å². The first-order valence-corrected chi connectivity index (χ1v) is 11.0. The van der Waals surface area contributed by atoms with Crippen LogP contribution in [0, 0.1) is 0 Å². The van der Waals surface area contributed by atoms with Gasteiger partial charge in [0.1, 0.15) is 6.79 Å². The molecule has 8 heteroatoms. The maximum atomic E-state index is 5.46. The number of thiazole rings is 1. The minimum atomic E-state index is -1.02. The Morgan fingerprint density at radius 1 is 1.30 bits per heavy atom. The molecule has 20 heavy (non-hydrogen) atoms. The third kappa shape index (κ3) is 5.12. The van der Waals surface area contributed by atoms with Gasteiger partial charge >= 0.3 is 0 Å². The number of aromatic nitrogens is 3. The molecular weight excluding hydrogens is 294 g/mol. The van der Waals surface area contributed by atoms with Crippen LogP contribution in [0.5, 0.6) is 0 Å². The second kappa shape index (κ2) is 7.07. The molecule has 2 rings (SSSR count). The van der Waals surface area contributed by atoms with E-state index in [4.69, 9.17) is 13.9 Å². The van der Waals surface area contributed by atoms with Crippen molar-refractivity contribution in [3.05, 3.63) is 17.5 Å². The number of hydrogen-bond donors (Lipinski definition) is 0.